The largest absolute Gasteiger partial charge is 0.364 e. The van der Waals surface area contributed by atoms with Crippen molar-refractivity contribution in [3.05, 3.63) is 32.3 Å². The molecule has 13 heteroatoms. The molecule has 0 saturated carbocycles. The first-order valence-electron chi connectivity index (χ1n) is 7.17. The van der Waals surface area contributed by atoms with Gasteiger partial charge in [-0.25, -0.2) is 10.3 Å². The summed E-state index contributed by atoms with van der Waals surface area (Å²) in [5.74, 6) is -2.63. The molecule has 0 aliphatic carbocycles. The van der Waals surface area contributed by atoms with Gasteiger partial charge in [-0.05, 0) is 13.3 Å². The molecule has 0 bridgehead atoms. The quantitative estimate of drug-likeness (QED) is 0.247. The number of halogens is 1. The Balaban J connectivity index is 2.96. The molecule has 1 heterocycles. The maximum absolute atomic E-state index is 14.0. The molecule has 0 aromatic carbocycles. The van der Waals surface area contributed by atoms with E-state index in [9.17, 15) is 23.3 Å². The molecule has 25 heavy (non-hydrogen) atoms. The Hall–Kier alpha value is -1.85. The number of ether oxygens (including phenoxy) is 1. The maximum atomic E-state index is 14.0. The summed E-state index contributed by atoms with van der Waals surface area (Å²) in [6.07, 6.45) is -1.32. The standard InChI is InChI=1S/C12H19FN3O8P/c1-3-4-24-15-10(17)9-8(13)11(18)16(12(19)14-9)5-7(2)23-6-25(20,21)22/h7H,3-6H2,1-2H3,(H,14,19)(H,15,17)(H2,20,21,22)/t7-/m1/s1. The van der Waals surface area contributed by atoms with Crippen molar-refractivity contribution in [2.75, 3.05) is 13.0 Å². The predicted octanol–water partition coefficient (Wildman–Crippen LogP) is -0.713. The van der Waals surface area contributed by atoms with Crippen LogP contribution < -0.4 is 16.7 Å². The van der Waals surface area contributed by atoms with E-state index in [1.807, 2.05) is 10.5 Å². The smallest absolute Gasteiger partial charge is 0.350 e. The van der Waals surface area contributed by atoms with E-state index in [1.165, 1.54) is 6.92 Å². The third-order valence-corrected chi connectivity index (χ3v) is 3.28. The number of H-pyrrole nitrogens is 1. The van der Waals surface area contributed by atoms with Crippen LogP contribution in [0.25, 0.3) is 0 Å². The van der Waals surface area contributed by atoms with E-state index in [0.29, 0.717) is 11.0 Å². The van der Waals surface area contributed by atoms with Crippen molar-refractivity contribution in [2.45, 2.75) is 32.9 Å². The van der Waals surface area contributed by atoms with Crippen molar-refractivity contribution in [3.8, 4) is 0 Å². The fourth-order valence-electron chi connectivity index (χ4n) is 1.67. The lowest BCUT2D eigenvalue weighted by molar-refractivity contribution is 0.0305. The minimum Gasteiger partial charge on any atom is -0.364 e. The van der Waals surface area contributed by atoms with E-state index in [1.54, 1.807) is 6.92 Å². The van der Waals surface area contributed by atoms with Crippen molar-refractivity contribution < 1.29 is 33.1 Å². The van der Waals surface area contributed by atoms with E-state index >= 15 is 0 Å². The Morgan fingerprint density at radius 3 is 2.64 bits per heavy atom. The summed E-state index contributed by atoms with van der Waals surface area (Å²) in [6.45, 7) is 2.78. The van der Waals surface area contributed by atoms with Crippen molar-refractivity contribution in [1.82, 2.24) is 15.0 Å². The van der Waals surface area contributed by atoms with Crippen molar-refractivity contribution in [1.29, 1.82) is 0 Å². The van der Waals surface area contributed by atoms with Gasteiger partial charge in [-0.1, -0.05) is 6.92 Å². The highest BCUT2D eigenvalue weighted by atomic mass is 31.2. The van der Waals surface area contributed by atoms with Gasteiger partial charge in [0.2, 0.25) is 5.82 Å². The van der Waals surface area contributed by atoms with Crippen LogP contribution in [-0.2, 0) is 20.7 Å². The molecule has 0 saturated heterocycles. The maximum Gasteiger partial charge on any atom is 0.350 e. The Labute approximate surface area is 140 Å². The molecule has 1 amide bonds. The first-order chi connectivity index (χ1) is 11.6. The van der Waals surface area contributed by atoms with Crippen LogP contribution in [0.5, 0.6) is 0 Å². The second-order valence-corrected chi connectivity index (χ2v) is 6.67. The first-order valence-corrected chi connectivity index (χ1v) is 8.97. The number of carbonyl (C=O) groups excluding carboxylic acids is 1. The lowest BCUT2D eigenvalue weighted by atomic mass is 10.3. The molecule has 0 aliphatic rings. The predicted molar refractivity (Wildman–Crippen MR) is 82.4 cm³/mol. The fraction of sp³-hybridized carbons (Fsp3) is 0.583. The molecule has 0 aliphatic heterocycles. The second-order valence-electron chi connectivity index (χ2n) is 5.09. The summed E-state index contributed by atoms with van der Waals surface area (Å²) in [7, 11) is -4.43. The van der Waals surface area contributed by atoms with Crippen LogP contribution in [0.3, 0.4) is 0 Å². The number of amides is 1. The number of aromatic amines is 1. The van der Waals surface area contributed by atoms with Gasteiger partial charge in [-0.15, -0.1) is 0 Å². The summed E-state index contributed by atoms with van der Waals surface area (Å²) in [5, 5.41) is 0. The molecular weight excluding hydrogens is 364 g/mol. The minimum absolute atomic E-state index is 0.156. The topological polar surface area (TPSA) is 160 Å². The van der Waals surface area contributed by atoms with Gasteiger partial charge in [0.25, 0.3) is 11.5 Å². The molecule has 1 aromatic rings. The Morgan fingerprint density at radius 1 is 1.44 bits per heavy atom. The Kier molecular flexibility index (Phi) is 7.64. The van der Waals surface area contributed by atoms with Gasteiger partial charge in [0.1, 0.15) is 6.35 Å². The lowest BCUT2D eigenvalue weighted by Crippen LogP contribution is -2.43. The van der Waals surface area contributed by atoms with Crippen molar-refractivity contribution in [2.24, 2.45) is 0 Å². The van der Waals surface area contributed by atoms with Gasteiger partial charge in [0.15, 0.2) is 5.69 Å². The number of hydrogen-bond donors (Lipinski definition) is 4. The number of hydroxylamine groups is 1. The molecule has 0 unspecified atom stereocenters. The van der Waals surface area contributed by atoms with E-state index in [4.69, 9.17) is 19.4 Å². The van der Waals surface area contributed by atoms with Gasteiger partial charge in [-0.3, -0.25) is 28.5 Å². The third-order valence-electron chi connectivity index (χ3n) is 2.79. The SMILES string of the molecule is CCCONC(=O)c1[nH]c(=O)n(C[C@@H](C)OCP(=O)(O)O)c(=O)c1F. The van der Waals surface area contributed by atoms with Gasteiger partial charge in [0, 0.05) is 0 Å². The zero-order valence-electron chi connectivity index (χ0n) is 13.5. The Bertz CT molecular complexity index is 771. The lowest BCUT2D eigenvalue weighted by Gasteiger charge is -2.15. The van der Waals surface area contributed by atoms with Gasteiger partial charge in [0.05, 0.1) is 19.3 Å². The van der Waals surface area contributed by atoms with Crippen LogP contribution in [0.15, 0.2) is 9.59 Å². The number of carbonyl (C=O) groups is 1. The van der Waals surface area contributed by atoms with Crippen LogP contribution in [0.2, 0.25) is 0 Å². The summed E-state index contributed by atoms with van der Waals surface area (Å²) in [5.41, 5.74) is -1.46. The Morgan fingerprint density at radius 2 is 2.08 bits per heavy atom. The molecular formula is C12H19FN3O8P. The molecule has 1 atom stereocenters. The molecule has 11 nitrogen and oxygen atoms in total. The van der Waals surface area contributed by atoms with Crippen molar-refractivity contribution >= 4 is 13.5 Å². The highest BCUT2D eigenvalue weighted by Crippen LogP contribution is 2.34. The van der Waals surface area contributed by atoms with Gasteiger partial charge >= 0.3 is 13.3 Å². The van der Waals surface area contributed by atoms with Crippen LogP contribution >= 0.6 is 7.60 Å². The number of rotatable bonds is 9. The zero-order chi connectivity index (χ0) is 19.2. The number of hydrogen-bond acceptors (Lipinski definition) is 6. The van der Waals surface area contributed by atoms with E-state index in [0.717, 1.165) is 0 Å². The second kappa shape index (κ2) is 9.02. The molecule has 0 fully saturated rings. The highest BCUT2D eigenvalue weighted by Gasteiger charge is 2.22. The molecule has 0 radical (unpaired) electrons. The van der Waals surface area contributed by atoms with Crippen molar-refractivity contribution in [3.63, 3.8) is 0 Å². The summed E-state index contributed by atoms with van der Waals surface area (Å²) in [6, 6.07) is 0. The van der Waals surface area contributed by atoms with Crippen LogP contribution in [0.4, 0.5) is 4.39 Å². The zero-order valence-corrected chi connectivity index (χ0v) is 14.4. The van der Waals surface area contributed by atoms with Crippen LogP contribution in [0.1, 0.15) is 30.8 Å². The summed E-state index contributed by atoms with van der Waals surface area (Å²) >= 11 is 0. The number of aromatic nitrogens is 2. The normalized spacial score (nSPS) is 12.8. The van der Waals surface area contributed by atoms with Crippen LogP contribution in [-0.4, -0.2) is 44.3 Å². The average molecular weight is 383 g/mol. The summed E-state index contributed by atoms with van der Waals surface area (Å²) < 4.78 is 30.0. The first kappa shape index (κ1) is 21.2. The minimum atomic E-state index is -4.43. The number of nitrogens with zero attached hydrogens (tertiary/aromatic N) is 1. The molecule has 1 rings (SSSR count). The fourth-order valence-corrected chi connectivity index (χ4v) is 2.12. The summed E-state index contributed by atoms with van der Waals surface area (Å²) in [4.78, 5) is 59.5. The van der Waals surface area contributed by atoms with E-state index in [-0.39, 0.29) is 6.61 Å². The van der Waals surface area contributed by atoms with Gasteiger partial charge in [-0.2, -0.15) is 4.39 Å². The monoisotopic (exact) mass is 383 g/mol. The highest BCUT2D eigenvalue weighted by molar-refractivity contribution is 7.51. The van der Waals surface area contributed by atoms with Gasteiger partial charge < -0.3 is 14.5 Å². The third kappa shape index (κ3) is 6.52. The number of nitrogens with one attached hydrogen (secondary N) is 2. The molecule has 4 N–H and O–H groups in total. The van der Waals surface area contributed by atoms with Crippen LogP contribution in [0, 0.1) is 5.82 Å². The molecule has 142 valence electrons. The van der Waals surface area contributed by atoms with E-state index < -0.39 is 55.3 Å². The van der Waals surface area contributed by atoms with E-state index in [2.05, 4.69) is 0 Å². The molecule has 0 spiro atoms. The average Bonchev–Trinajstić information content (AvgIpc) is 2.52. The molecule has 1 aromatic heterocycles.